The number of hydrogen-bond acceptors (Lipinski definition) is 2. The maximum Gasteiger partial charge on any atom is 0.0669 e. The molecule has 3 heteroatoms. The van der Waals surface area contributed by atoms with Crippen molar-refractivity contribution in [2.45, 2.75) is 39.2 Å². The van der Waals surface area contributed by atoms with Crippen molar-refractivity contribution in [3.05, 3.63) is 17.5 Å². The highest BCUT2D eigenvalue weighted by atomic mass is 15.2. The highest BCUT2D eigenvalue weighted by Gasteiger charge is 2.04. The van der Waals surface area contributed by atoms with E-state index >= 15 is 0 Å². The molecule has 1 rings (SSSR count). The van der Waals surface area contributed by atoms with E-state index < -0.39 is 0 Å². The van der Waals surface area contributed by atoms with E-state index in [9.17, 15) is 0 Å². The molecule has 0 bridgehead atoms. The normalized spacial score (nSPS) is 10.7. The number of hydrogen-bond donors (Lipinski definition) is 1. The number of rotatable bonds is 5. The smallest absolute Gasteiger partial charge is 0.0669 e. The Morgan fingerprint density at radius 1 is 1.46 bits per heavy atom. The SMILES string of the molecule is CCCCCc1nn(C)cc1CN. The van der Waals surface area contributed by atoms with Gasteiger partial charge in [0, 0.05) is 25.4 Å². The maximum absolute atomic E-state index is 5.61. The molecular formula is C10H19N3. The maximum atomic E-state index is 5.61. The van der Waals surface area contributed by atoms with Gasteiger partial charge in [-0.1, -0.05) is 19.8 Å². The van der Waals surface area contributed by atoms with Gasteiger partial charge in [0.1, 0.15) is 0 Å². The predicted molar refractivity (Wildman–Crippen MR) is 54.3 cm³/mol. The van der Waals surface area contributed by atoms with Crippen molar-refractivity contribution in [1.82, 2.24) is 9.78 Å². The first kappa shape index (κ1) is 10.3. The summed E-state index contributed by atoms with van der Waals surface area (Å²) in [6.07, 6.45) is 6.84. The molecule has 0 fully saturated rings. The highest BCUT2D eigenvalue weighted by molar-refractivity contribution is 5.16. The van der Waals surface area contributed by atoms with Gasteiger partial charge < -0.3 is 5.73 Å². The minimum Gasteiger partial charge on any atom is -0.326 e. The van der Waals surface area contributed by atoms with Gasteiger partial charge in [0.15, 0.2) is 0 Å². The fourth-order valence-electron chi connectivity index (χ4n) is 1.51. The fourth-order valence-corrected chi connectivity index (χ4v) is 1.51. The fraction of sp³-hybridized carbons (Fsp3) is 0.700. The molecule has 0 aliphatic rings. The Morgan fingerprint density at radius 3 is 2.85 bits per heavy atom. The molecule has 0 saturated carbocycles. The van der Waals surface area contributed by atoms with Gasteiger partial charge in [0.2, 0.25) is 0 Å². The molecule has 0 unspecified atom stereocenters. The summed E-state index contributed by atoms with van der Waals surface area (Å²) in [5, 5.41) is 4.39. The van der Waals surface area contributed by atoms with E-state index in [2.05, 4.69) is 12.0 Å². The quantitative estimate of drug-likeness (QED) is 0.701. The summed E-state index contributed by atoms with van der Waals surface area (Å²) in [6.45, 7) is 2.82. The third-order valence-corrected chi connectivity index (χ3v) is 2.23. The molecule has 0 aromatic carbocycles. The van der Waals surface area contributed by atoms with Crippen molar-refractivity contribution in [1.29, 1.82) is 0 Å². The summed E-state index contributed by atoms with van der Waals surface area (Å²) in [4.78, 5) is 0. The van der Waals surface area contributed by atoms with Crippen LogP contribution in [0.15, 0.2) is 6.20 Å². The number of aryl methyl sites for hydroxylation is 2. The van der Waals surface area contributed by atoms with Crippen molar-refractivity contribution >= 4 is 0 Å². The van der Waals surface area contributed by atoms with E-state index in [0.29, 0.717) is 6.54 Å². The van der Waals surface area contributed by atoms with Crippen LogP contribution < -0.4 is 5.73 Å². The Morgan fingerprint density at radius 2 is 2.23 bits per heavy atom. The third kappa shape index (κ3) is 2.84. The molecule has 1 aromatic heterocycles. The van der Waals surface area contributed by atoms with E-state index in [1.54, 1.807) is 0 Å². The standard InChI is InChI=1S/C10H19N3/c1-3-4-5-6-10-9(7-11)8-13(2)12-10/h8H,3-7,11H2,1-2H3. The monoisotopic (exact) mass is 181 g/mol. The zero-order valence-electron chi connectivity index (χ0n) is 8.58. The second-order valence-electron chi connectivity index (χ2n) is 3.44. The van der Waals surface area contributed by atoms with E-state index in [0.717, 1.165) is 6.42 Å². The van der Waals surface area contributed by atoms with Gasteiger partial charge in [-0.25, -0.2) is 0 Å². The van der Waals surface area contributed by atoms with Crippen LogP contribution in [-0.4, -0.2) is 9.78 Å². The summed E-state index contributed by atoms with van der Waals surface area (Å²) in [7, 11) is 1.95. The van der Waals surface area contributed by atoms with Crippen molar-refractivity contribution in [3.8, 4) is 0 Å². The Labute approximate surface area is 79.9 Å². The van der Waals surface area contributed by atoms with E-state index in [1.807, 2.05) is 17.9 Å². The van der Waals surface area contributed by atoms with Gasteiger partial charge in [-0.2, -0.15) is 5.10 Å². The van der Waals surface area contributed by atoms with Gasteiger partial charge >= 0.3 is 0 Å². The lowest BCUT2D eigenvalue weighted by Crippen LogP contribution is -1.99. The summed E-state index contributed by atoms with van der Waals surface area (Å²) in [5.41, 5.74) is 7.99. The third-order valence-electron chi connectivity index (χ3n) is 2.23. The molecule has 0 spiro atoms. The van der Waals surface area contributed by atoms with Gasteiger partial charge in [-0.3, -0.25) is 4.68 Å². The molecule has 1 aromatic rings. The van der Waals surface area contributed by atoms with Crippen molar-refractivity contribution in [3.63, 3.8) is 0 Å². The van der Waals surface area contributed by atoms with Gasteiger partial charge in [0.25, 0.3) is 0 Å². The molecule has 0 amide bonds. The molecule has 0 saturated heterocycles. The summed E-state index contributed by atoms with van der Waals surface area (Å²) in [5.74, 6) is 0. The Hall–Kier alpha value is -0.830. The average molecular weight is 181 g/mol. The van der Waals surface area contributed by atoms with Crippen LogP contribution in [0.5, 0.6) is 0 Å². The largest absolute Gasteiger partial charge is 0.326 e. The van der Waals surface area contributed by atoms with Crippen molar-refractivity contribution < 1.29 is 0 Å². The first-order chi connectivity index (χ1) is 6.27. The Balaban J connectivity index is 2.53. The highest BCUT2D eigenvalue weighted by Crippen LogP contribution is 2.09. The minimum absolute atomic E-state index is 0.606. The van der Waals surface area contributed by atoms with Crippen molar-refractivity contribution in [2.24, 2.45) is 12.8 Å². The molecule has 2 N–H and O–H groups in total. The molecule has 74 valence electrons. The summed E-state index contributed by atoms with van der Waals surface area (Å²) < 4.78 is 1.85. The number of nitrogens with zero attached hydrogens (tertiary/aromatic N) is 2. The topological polar surface area (TPSA) is 43.8 Å². The second kappa shape index (κ2) is 5.02. The molecule has 0 atom stereocenters. The van der Waals surface area contributed by atoms with Crippen LogP contribution in [0, 0.1) is 0 Å². The second-order valence-corrected chi connectivity index (χ2v) is 3.44. The first-order valence-corrected chi connectivity index (χ1v) is 4.99. The van der Waals surface area contributed by atoms with E-state index in [-0.39, 0.29) is 0 Å². The van der Waals surface area contributed by atoms with Crippen LogP contribution in [0.2, 0.25) is 0 Å². The van der Waals surface area contributed by atoms with Crippen LogP contribution in [0.3, 0.4) is 0 Å². The molecule has 1 heterocycles. The Bertz CT molecular complexity index is 253. The van der Waals surface area contributed by atoms with E-state index in [4.69, 9.17) is 5.73 Å². The van der Waals surface area contributed by atoms with E-state index in [1.165, 1.54) is 30.5 Å². The van der Waals surface area contributed by atoms with Crippen LogP contribution in [0.25, 0.3) is 0 Å². The zero-order chi connectivity index (χ0) is 9.68. The molecule has 0 radical (unpaired) electrons. The molecule has 13 heavy (non-hydrogen) atoms. The van der Waals surface area contributed by atoms with Crippen LogP contribution in [0.1, 0.15) is 37.4 Å². The van der Waals surface area contributed by atoms with Crippen LogP contribution in [0.4, 0.5) is 0 Å². The molecule has 0 aliphatic carbocycles. The minimum atomic E-state index is 0.606. The zero-order valence-corrected chi connectivity index (χ0v) is 8.58. The predicted octanol–water partition coefficient (Wildman–Crippen LogP) is 1.61. The van der Waals surface area contributed by atoms with Crippen molar-refractivity contribution in [2.75, 3.05) is 0 Å². The lowest BCUT2D eigenvalue weighted by atomic mass is 10.1. The number of unbranched alkanes of at least 4 members (excludes halogenated alkanes) is 2. The lowest BCUT2D eigenvalue weighted by molar-refractivity contribution is 0.680. The molecule has 3 nitrogen and oxygen atoms in total. The average Bonchev–Trinajstić information content (AvgIpc) is 2.47. The molecule has 0 aliphatic heterocycles. The molecular weight excluding hydrogens is 162 g/mol. The Kier molecular flexibility index (Phi) is 3.96. The number of aromatic nitrogens is 2. The lowest BCUT2D eigenvalue weighted by Gasteiger charge is -1.98. The number of nitrogens with two attached hydrogens (primary N) is 1. The summed E-state index contributed by atoms with van der Waals surface area (Å²) in [6, 6.07) is 0. The van der Waals surface area contributed by atoms with Crippen LogP contribution in [-0.2, 0) is 20.0 Å². The first-order valence-electron chi connectivity index (χ1n) is 4.99. The van der Waals surface area contributed by atoms with Gasteiger partial charge in [-0.05, 0) is 12.8 Å². The van der Waals surface area contributed by atoms with Gasteiger partial charge in [0.05, 0.1) is 5.69 Å². The summed E-state index contributed by atoms with van der Waals surface area (Å²) >= 11 is 0. The van der Waals surface area contributed by atoms with Gasteiger partial charge in [-0.15, -0.1) is 0 Å². The van der Waals surface area contributed by atoms with Crippen LogP contribution >= 0.6 is 0 Å².